The van der Waals surface area contributed by atoms with E-state index >= 15 is 0 Å². The van der Waals surface area contributed by atoms with Crippen molar-refractivity contribution in [1.29, 1.82) is 0 Å². The van der Waals surface area contributed by atoms with E-state index in [1.54, 1.807) is 0 Å². The van der Waals surface area contributed by atoms with Crippen LogP contribution in [0.25, 0.3) is 0 Å². The van der Waals surface area contributed by atoms with E-state index in [1.807, 2.05) is 83.1 Å². The van der Waals surface area contributed by atoms with E-state index in [2.05, 4.69) is 0 Å². The predicted molar refractivity (Wildman–Crippen MR) is 130 cm³/mol. The highest BCUT2D eigenvalue weighted by atomic mass is 16.1. The van der Waals surface area contributed by atoms with Crippen LogP contribution in [0.4, 0.5) is 0 Å². The molecule has 0 amide bonds. The lowest BCUT2D eigenvalue weighted by Gasteiger charge is -2.30. The Kier molecular flexibility index (Phi) is 7.68. The summed E-state index contributed by atoms with van der Waals surface area (Å²) in [6.07, 6.45) is 5.95. The molecule has 4 nitrogen and oxygen atoms in total. The molecule has 4 heteroatoms. The van der Waals surface area contributed by atoms with Crippen molar-refractivity contribution >= 4 is 23.1 Å². The summed E-state index contributed by atoms with van der Waals surface area (Å²) in [6, 6.07) is 0. The molecule has 2 aliphatic rings. The van der Waals surface area contributed by atoms with Crippen molar-refractivity contribution in [3.8, 4) is 0 Å². The Morgan fingerprint density at radius 2 is 0.656 bits per heavy atom. The minimum Gasteiger partial charge on any atom is -0.290 e. The monoisotopic (exact) mass is 440 g/mol. The van der Waals surface area contributed by atoms with Gasteiger partial charge in [-0.1, -0.05) is 83.1 Å². The first-order chi connectivity index (χ1) is 14.1. The summed E-state index contributed by atoms with van der Waals surface area (Å²) in [7, 11) is 0. The number of rotatable bonds is 0. The summed E-state index contributed by atoms with van der Waals surface area (Å²) in [6.45, 7) is 23.4. The Balaban J connectivity index is 0.000000320. The van der Waals surface area contributed by atoms with Crippen LogP contribution in [0.5, 0.6) is 0 Å². The molecule has 0 N–H and O–H groups in total. The largest absolute Gasteiger partial charge is 0.290 e. The number of hydrogen-bond donors (Lipinski definition) is 0. The zero-order valence-electron chi connectivity index (χ0n) is 21.9. The van der Waals surface area contributed by atoms with Gasteiger partial charge in [0.05, 0.1) is 0 Å². The van der Waals surface area contributed by atoms with Gasteiger partial charge < -0.3 is 0 Å². The van der Waals surface area contributed by atoms with Crippen LogP contribution in [0, 0.1) is 21.7 Å². The fourth-order valence-corrected chi connectivity index (χ4v) is 3.45. The van der Waals surface area contributed by atoms with Gasteiger partial charge in [0.1, 0.15) is 0 Å². The average Bonchev–Trinajstić information content (AvgIpc) is 2.55. The molecule has 0 heterocycles. The van der Waals surface area contributed by atoms with Crippen LogP contribution < -0.4 is 0 Å². The van der Waals surface area contributed by atoms with Crippen LogP contribution in [-0.2, 0) is 19.2 Å². The molecule has 0 saturated heterocycles. The van der Waals surface area contributed by atoms with Gasteiger partial charge in [-0.15, -0.1) is 0 Å². The van der Waals surface area contributed by atoms with Gasteiger partial charge in [-0.3, -0.25) is 19.2 Å². The van der Waals surface area contributed by atoms with Crippen LogP contribution in [0.1, 0.15) is 83.1 Å². The van der Waals surface area contributed by atoms with Gasteiger partial charge >= 0.3 is 0 Å². The number of hydrogen-bond acceptors (Lipinski definition) is 4. The highest BCUT2D eigenvalue weighted by molar-refractivity contribution is 6.21. The van der Waals surface area contributed by atoms with Crippen LogP contribution >= 0.6 is 0 Å². The first-order valence-electron chi connectivity index (χ1n) is 11.1. The van der Waals surface area contributed by atoms with Gasteiger partial charge in [0.15, 0.2) is 23.1 Å². The second kappa shape index (κ2) is 8.88. The lowest BCUT2D eigenvalue weighted by molar-refractivity contribution is -0.116. The maximum Gasteiger partial charge on any atom is 0.186 e. The van der Waals surface area contributed by atoms with E-state index in [0.717, 1.165) is 0 Å². The molecule has 0 spiro atoms. The highest BCUT2D eigenvalue weighted by Gasteiger charge is 2.35. The van der Waals surface area contributed by atoms with Crippen LogP contribution in [0.2, 0.25) is 0 Å². The number of carbonyl (C=O) groups is 4. The van der Waals surface area contributed by atoms with Crippen molar-refractivity contribution in [2.24, 2.45) is 21.7 Å². The Bertz CT molecular complexity index is 875. The van der Waals surface area contributed by atoms with Gasteiger partial charge in [0.2, 0.25) is 0 Å². The SMILES string of the molecule is CC(C)(C)C1=CC(=O)C(C(C)(C)C)=CC1=O.CC(C)(C)C1=CC(=O)C=C(C(C)(C)C)C1=O. The van der Waals surface area contributed by atoms with E-state index in [1.165, 1.54) is 24.3 Å². The summed E-state index contributed by atoms with van der Waals surface area (Å²) in [5.74, 6) is -0.122. The van der Waals surface area contributed by atoms with Gasteiger partial charge in [-0.2, -0.15) is 0 Å². The Morgan fingerprint density at radius 1 is 0.406 bits per heavy atom. The van der Waals surface area contributed by atoms with Crippen LogP contribution in [-0.4, -0.2) is 23.1 Å². The summed E-state index contributed by atoms with van der Waals surface area (Å²) >= 11 is 0. The van der Waals surface area contributed by atoms with Crippen molar-refractivity contribution in [1.82, 2.24) is 0 Å². The number of carbonyl (C=O) groups excluding carboxylic acids is 4. The third-order valence-electron chi connectivity index (χ3n) is 5.38. The molecule has 0 unspecified atom stereocenters. The van der Waals surface area contributed by atoms with Crippen molar-refractivity contribution in [3.63, 3.8) is 0 Å². The standard InChI is InChI=1S/2C14H20O2/c1-13(2,3)9-7-12(16)10(8-11(9)15)14(4,5)6;1-13(2,3)10-7-9(15)8-11(12(10)16)14(4,5)6/h2*7-8H,1-6H3. The topological polar surface area (TPSA) is 68.3 Å². The summed E-state index contributed by atoms with van der Waals surface area (Å²) in [5.41, 5.74) is 1.33. The minimum absolute atomic E-state index is 0.0135. The van der Waals surface area contributed by atoms with Gasteiger partial charge in [0, 0.05) is 22.3 Å². The van der Waals surface area contributed by atoms with Crippen molar-refractivity contribution in [2.45, 2.75) is 83.1 Å². The van der Waals surface area contributed by atoms with Gasteiger partial charge in [-0.25, -0.2) is 0 Å². The fourth-order valence-electron chi connectivity index (χ4n) is 3.45. The maximum absolute atomic E-state index is 12.3. The van der Waals surface area contributed by atoms with Crippen LogP contribution in [0.15, 0.2) is 46.6 Å². The molecule has 2 rings (SSSR count). The fraction of sp³-hybridized carbons (Fsp3) is 0.571. The zero-order valence-corrected chi connectivity index (χ0v) is 21.9. The third kappa shape index (κ3) is 6.82. The molecule has 0 fully saturated rings. The lowest BCUT2D eigenvalue weighted by Crippen LogP contribution is -2.29. The van der Waals surface area contributed by atoms with Crippen molar-refractivity contribution in [3.05, 3.63) is 46.6 Å². The van der Waals surface area contributed by atoms with E-state index < -0.39 is 0 Å². The molecule has 0 aromatic heterocycles. The molecule has 0 aromatic rings. The summed E-state index contributed by atoms with van der Waals surface area (Å²) in [5, 5.41) is 0. The van der Waals surface area contributed by atoms with Crippen molar-refractivity contribution in [2.75, 3.05) is 0 Å². The molecule has 0 saturated carbocycles. The normalized spacial score (nSPS) is 18.4. The predicted octanol–water partition coefficient (Wildman–Crippen LogP) is 6.17. The van der Waals surface area contributed by atoms with E-state index in [4.69, 9.17) is 0 Å². The Morgan fingerprint density at radius 3 is 0.875 bits per heavy atom. The smallest absolute Gasteiger partial charge is 0.186 e. The highest BCUT2D eigenvalue weighted by Crippen LogP contribution is 2.37. The third-order valence-corrected chi connectivity index (χ3v) is 5.38. The van der Waals surface area contributed by atoms with E-state index in [0.29, 0.717) is 22.3 Å². The van der Waals surface area contributed by atoms with E-state index in [-0.39, 0.29) is 44.8 Å². The second-order valence-corrected chi connectivity index (χ2v) is 12.7. The second-order valence-electron chi connectivity index (χ2n) is 12.7. The first-order valence-corrected chi connectivity index (χ1v) is 11.1. The first kappa shape index (κ1) is 27.7. The van der Waals surface area contributed by atoms with Crippen molar-refractivity contribution < 1.29 is 19.2 Å². The molecule has 32 heavy (non-hydrogen) atoms. The summed E-state index contributed by atoms with van der Waals surface area (Å²) in [4.78, 5) is 47.8. The molecule has 0 atom stereocenters. The molecule has 0 bridgehead atoms. The Hall–Kier alpha value is -2.36. The molecule has 176 valence electrons. The van der Waals surface area contributed by atoms with Gasteiger partial charge in [0.25, 0.3) is 0 Å². The Labute approximate surface area is 193 Å². The maximum atomic E-state index is 12.3. The summed E-state index contributed by atoms with van der Waals surface area (Å²) < 4.78 is 0. The molecule has 0 aliphatic heterocycles. The zero-order chi connectivity index (χ0) is 25.4. The van der Waals surface area contributed by atoms with Gasteiger partial charge in [-0.05, 0) is 46.0 Å². The molecule has 2 aliphatic carbocycles. The molecule has 0 radical (unpaired) electrons. The average molecular weight is 441 g/mol. The number of allylic oxidation sites excluding steroid dienone is 8. The quantitative estimate of drug-likeness (QED) is 0.423. The lowest BCUT2D eigenvalue weighted by atomic mass is 9.72. The van der Waals surface area contributed by atoms with E-state index in [9.17, 15) is 19.2 Å². The number of Topliss-reactive ketones (excluding diaryl/α,β-unsaturated/α-hetero) is 1. The molecular weight excluding hydrogens is 400 g/mol. The van der Waals surface area contributed by atoms with Crippen LogP contribution in [0.3, 0.4) is 0 Å². The molecule has 0 aromatic carbocycles. The minimum atomic E-state index is -0.280. The number of ketones is 4. The molecular formula is C28H40O4.